The normalized spacial score (nSPS) is 15.2. The van der Waals surface area contributed by atoms with Gasteiger partial charge in [-0.2, -0.15) is 13.2 Å². The van der Waals surface area contributed by atoms with Gasteiger partial charge in [-0.15, -0.1) is 0 Å². The van der Waals surface area contributed by atoms with Crippen LogP contribution in [0.4, 0.5) is 13.2 Å². The molecule has 0 aliphatic heterocycles. The molecule has 0 fully saturated rings. The molecule has 2 nitrogen and oxygen atoms in total. The van der Waals surface area contributed by atoms with E-state index in [4.69, 9.17) is 4.42 Å². The third kappa shape index (κ3) is 3.38. The first-order chi connectivity index (χ1) is 8.98. The molecule has 2 rings (SSSR count). The monoisotopic (exact) mass is 269 g/mol. The highest BCUT2D eigenvalue weighted by atomic mass is 19.4. The van der Waals surface area contributed by atoms with Crippen molar-refractivity contribution in [3.05, 3.63) is 60.1 Å². The molecule has 1 heterocycles. The molecular weight excluding hydrogens is 255 g/mol. The molecule has 2 atom stereocenters. The predicted octanol–water partition coefficient (Wildman–Crippen LogP) is 4.23. The van der Waals surface area contributed by atoms with E-state index < -0.39 is 18.3 Å². The number of furan rings is 1. The summed E-state index contributed by atoms with van der Waals surface area (Å²) in [6, 6.07) is 8.85. The van der Waals surface area contributed by atoms with Crippen LogP contribution in [0.3, 0.4) is 0 Å². The predicted molar refractivity (Wildman–Crippen MR) is 65.5 cm³/mol. The van der Waals surface area contributed by atoms with Gasteiger partial charge in [0.25, 0.3) is 0 Å². The van der Waals surface area contributed by atoms with E-state index in [0.717, 1.165) is 0 Å². The van der Waals surface area contributed by atoms with Crippen molar-refractivity contribution in [1.82, 2.24) is 5.32 Å². The molecule has 102 valence electrons. The summed E-state index contributed by atoms with van der Waals surface area (Å²) in [6.07, 6.45) is -2.92. The van der Waals surface area contributed by atoms with Gasteiger partial charge in [0.1, 0.15) is 11.8 Å². The molecule has 1 aromatic carbocycles. The van der Waals surface area contributed by atoms with Crippen molar-refractivity contribution in [2.24, 2.45) is 0 Å². The van der Waals surface area contributed by atoms with Crippen molar-refractivity contribution in [2.45, 2.75) is 25.2 Å². The molecule has 19 heavy (non-hydrogen) atoms. The number of rotatable bonds is 4. The molecule has 1 unspecified atom stereocenters. The highest BCUT2D eigenvalue weighted by molar-refractivity contribution is 5.21. The van der Waals surface area contributed by atoms with Gasteiger partial charge in [0.15, 0.2) is 0 Å². The first kappa shape index (κ1) is 13.7. The molecular formula is C14H14F3NO. The second kappa shape index (κ2) is 5.48. The van der Waals surface area contributed by atoms with E-state index in [1.165, 1.54) is 18.4 Å². The van der Waals surface area contributed by atoms with Gasteiger partial charge in [0.05, 0.1) is 12.3 Å². The summed E-state index contributed by atoms with van der Waals surface area (Å²) in [4.78, 5) is 0. The van der Waals surface area contributed by atoms with Gasteiger partial charge in [0.2, 0.25) is 0 Å². The summed E-state index contributed by atoms with van der Waals surface area (Å²) < 4.78 is 44.5. The van der Waals surface area contributed by atoms with Gasteiger partial charge in [0, 0.05) is 0 Å². The molecule has 0 saturated heterocycles. The van der Waals surface area contributed by atoms with Gasteiger partial charge < -0.3 is 4.42 Å². The Bertz CT molecular complexity index is 493. The lowest BCUT2D eigenvalue weighted by atomic mass is 10.1. The van der Waals surface area contributed by atoms with E-state index in [1.807, 2.05) is 0 Å². The first-order valence-electron chi connectivity index (χ1n) is 5.89. The van der Waals surface area contributed by atoms with Gasteiger partial charge in [-0.1, -0.05) is 30.3 Å². The fourth-order valence-electron chi connectivity index (χ4n) is 1.89. The highest BCUT2D eigenvalue weighted by Gasteiger charge is 2.41. The van der Waals surface area contributed by atoms with Crippen molar-refractivity contribution in [1.29, 1.82) is 0 Å². The summed E-state index contributed by atoms with van der Waals surface area (Å²) in [6.45, 7) is 1.64. The van der Waals surface area contributed by atoms with E-state index in [0.29, 0.717) is 5.76 Å². The number of hydrogen-bond acceptors (Lipinski definition) is 2. The maximum atomic E-state index is 13.1. The van der Waals surface area contributed by atoms with Crippen LogP contribution in [0.25, 0.3) is 0 Å². The molecule has 0 amide bonds. The number of alkyl halides is 3. The largest absolute Gasteiger partial charge is 0.468 e. The quantitative estimate of drug-likeness (QED) is 0.898. The highest BCUT2D eigenvalue weighted by Crippen LogP contribution is 2.34. The Morgan fingerprint density at radius 3 is 2.26 bits per heavy atom. The zero-order chi connectivity index (χ0) is 13.9. The molecule has 0 aliphatic carbocycles. The zero-order valence-corrected chi connectivity index (χ0v) is 10.3. The third-order valence-electron chi connectivity index (χ3n) is 2.85. The van der Waals surface area contributed by atoms with Gasteiger partial charge in [-0.3, -0.25) is 5.32 Å². The standard InChI is InChI=1S/C14H14F3NO/c1-10(12-8-5-9-19-12)18-13(14(15,16)17)11-6-3-2-4-7-11/h2-10,13,18H,1H3/t10-,13?/m0/s1. The number of nitrogens with one attached hydrogen (secondary N) is 1. The Morgan fingerprint density at radius 1 is 1.05 bits per heavy atom. The lowest BCUT2D eigenvalue weighted by Gasteiger charge is -2.25. The average Bonchev–Trinajstić information content (AvgIpc) is 2.89. The van der Waals surface area contributed by atoms with Crippen LogP contribution < -0.4 is 5.32 Å². The Balaban J connectivity index is 2.20. The van der Waals surface area contributed by atoms with Crippen LogP contribution in [-0.4, -0.2) is 6.18 Å². The topological polar surface area (TPSA) is 25.2 Å². The molecule has 0 radical (unpaired) electrons. The minimum atomic E-state index is -4.36. The van der Waals surface area contributed by atoms with Gasteiger partial charge in [-0.05, 0) is 24.6 Å². The lowest BCUT2D eigenvalue weighted by Crippen LogP contribution is -2.35. The molecule has 5 heteroatoms. The fraction of sp³-hybridized carbons (Fsp3) is 0.286. The maximum absolute atomic E-state index is 13.1. The van der Waals surface area contributed by atoms with Crippen molar-refractivity contribution in [3.8, 4) is 0 Å². The van der Waals surface area contributed by atoms with Crippen LogP contribution in [0.5, 0.6) is 0 Å². The van der Waals surface area contributed by atoms with Crippen LogP contribution in [0.15, 0.2) is 53.1 Å². The van der Waals surface area contributed by atoms with E-state index in [1.54, 1.807) is 37.3 Å². The van der Waals surface area contributed by atoms with E-state index >= 15 is 0 Å². The molecule has 0 bridgehead atoms. The number of benzene rings is 1. The lowest BCUT2D eigenvalue weighted by molar-refractivity contribution is -0.159. The number of hydrogen-bond donors (Lipinski definition) is 1. The Hall–Kier alpha value is -1.75. The smallest absolute Gasteiger partial charge is 0.407 e. The summed E-state index contributed by atoms with van der Waals surface area (Å²) in [5, 5.41) is 2.56. The minimum Gasteiger partial charge on any atom is -0.468 e. The fourth-order valence-corrected chi connectivity index (χ4v) is 1.89. The minimum absolute atomic E-state index is 0.188. The summed E-state index contributed by atoms with van der Waals surface area (Å²) in [5.41, 5.74) is 0.188. The third-order valence-corrected chi connectivity index (χ3v) is 2.85. The summed E-state index contributed by atoms with van der Waals surface area (Å²) in [5.74, 6) is 0.477. The zero-order valence-electron chi connectivity index (χ0n) is 10.3. The SMILES string of the molecule is C[C@H](NC(c1ccccc1)C(F)(F)F)c1ccco1. The van der Waals surface area contributed by atoms with E-state index in [-0.39, 0.29) is 5.56 Å². The molecule has 0 aliphatic rings. The van der Waals surface area contributed by atoms with Crippen LogP contribution in [0, 0.1) is 0 Å². The maximum Gasteiger partial charge on any atom is 0.407 e. The second-order valence-corrected chi connectivity index (χ2v) is 4.29. The van der Waals surface area contributed by atoms with Crippen LogP contribution >= 0.6 is 0 Å². The number of halogens is 3. The molecule has 0 spiro atoms. The van der Waals surface area contributed by atoms with E-state index in [9.17, 15) is 13.2 Å². The van der Waals surface area contributed by atoms with Crippen molar-refractivity contribution in [3.63, 3.8) is 0 Å². The van der Waals surface area contributed by atoms with Crippen LogP contribution in [0.1, 0.15) is 30.3 Å². The van der Waals surface area contributed by atoms with E-state index in [2.05, 4.69) is 5.32 Å². The molecule has 1 N–H and O–H groups in total. The van der Waals surface area contributed by atoms with Gasteiger partial charge in [-0.25, -0.2) is 0 Å². The average molecular weight is 269 g/mol. The summed E-state index contributed by atoms with van der Waals surface area (Å²) in [7, 11) is 0. The summed E-state index contributed by atoms with van der Waals surface area (Å²) >= 11 is 0. The Morgan fingerprint density at radius 2 is 1.74 bits per heavy atom. The molecule has 1 aromatic heterocycles. The van der Waals surface area contributed by atoms with Crippen molar-refractivity contribution >= 4 is 0 Å². The Kier molecular flexibility index (Phi) is 3.95. The van der Waals surface area contributed by atoms with Gasteiger partial charge >= 0.3 is 6.18 Å². The Labute approximate surface area is 109 Å². The van der Waals surface area contributed by atoms with Crippen molar-refractivity contribution < 1.29 is 17.6 Å². The van der Waals surface area contributed by atoms with Crippen LogP contribution in [0.2, 0.25) is 0 Å². The second-order valence-electron chi connectivity index (χ2n) is 4.29. The molecule has 2 aromatic rings. The molecule has 0 saturated carbocycles. The van der Waals surface area contributed by atoms with Crippen molar-refractivity contribution in [2.75, 3.05) is 0 Å². The van der Waals surface area contributed by atoms with Crippen LogP contribution in [-0.2, 0) is 0 Å². The first-order valence-corrected chi connectivity index (χ1v) is 5.89.